The first-order valence-corrected chi connectivity index (χ1v) is 6.79. The van der Waals surface area contributed by atoms with Crippen molar-refractivity contribution in [3.05, 3.63) is 35.8 Å². The highest BCUT2D eigenvalue weighted by Gasteiger charge is 2.29. The molecule has 112 valence electrons. The second kappa shape index (κ2) is 5.18. The summed E-state index contributed by atoms with van der Waals surface area (Å²) < 4.78 is 40.5. The zero-order chi connectivity index (χ0) is 15.1. The summed E-state index contributed by atoms with van der Waals surface area (Å²) >= 11 is 0. The molecule has 3 nitrogen and oxygen atoms in total. The second-order valence-electron chi connectivity index (χ2n) is 5.75. The monoisotopic (exact) mass is 295 g/mol. The minimum atomic E-state index is -1.47. The van der Waals surface area contributed by atoms with Crippen molar-refractivity contribution in [1.29, 1.82) is 0 Å². The first-order valence-electron chi connectivity index (χ1n) is 6.79. The van der Waals surface area contributed by atoms with Gasteiger partial charge in [-0.2, -0.15) is 0 Å². The average Bonchev–Trinajstić information content (AvgIpc) is 2.39. The van der Waals surface area contributed by atoms with Crippen LogP contribution in [-0.2, 0) is 0 Å². The van der Waals surface area contributed by atoms with Gasteiger partial charge in [-0.3, -0.25) is 4.98 Å². The molecule has 0 radical (unpaired) electrons. The fourth-order valence-electron chi connectivity index (χ4n) is 2.85. The number of nitrogens with zero attached hydrogens (tertiary/aromatic N) is 3. The van der Waals surface area contributed by atoms with E-state index in [1.54, 1.807) is 6.07 Å². The summed E-state index contributed by atoms with van der Waals surface area (Å²) in [5, 5.41) is 0.317. The molecule has 1 aromatic heterocycles. The Hall–Kier alpha value is -1.82. The number of fused-ring (bicyclic) bond motifs is 1. The standard InChI is InChI=1S/C15H16F3N3/c1-20(2)6-9-7-21(8-9)12-3-4-19-15-10(12)5-11(16)13(17)14(15)18/h3-5,9H,6-8H2,1-2H3. The largest absolute Gasteiger partial charge is 0.370 e. The summed E-state index contributed by atoms with van der Waals surface area (Å²) in [7, 11) is 4.02. The summed E-state index contributed by atoms with van der Waals surface area (Å²) in [6, 6.07) is 2.74. The molecule has 0 bridgehead atoms. The van der Waals surface area contributed by atoms with Crippen molar-refractivity contribution >= 4 is 16.6 Å². The van der Waals surface area contributed by atoms with Gasteiger partial charge in [0.2, 0.25) is 0 Å². The predicted molar refractivity (Wildman–Crippen MR) is 75.9 cm³/mol. The molecule has 1 saturated heterocycles. The van der Waals surface area contributed by atoms with Crippen LogP contribution in [0.4, 0.5) is 18.9 Å². The molecule has 6 heteroatoms. The van der Waals surface area contributed by atoms with E-state index in [0.29, 0.717) is 17.0 Å². The zero-order valence-electron chi connectivity index (χ0n) is 11.9. The molecule has 1 fully saturated rings. The summed E-state index contributed by atoms with van der Waals surface area (Å²) in [4.78, 5) is 7.98. The number of anilines is 1. The highest BCUT2D eigenvalue weighted by molar-refractivity contribution is 5.92. The van der Waals surface area contributed by atoms with Crippen LogP contribution in [0.15, 0.2) is 18.3 Å². The fourth-order valence-corrected chi connectivity index (χ4v) is 2.85. The van der Waals surface area contributed by atoms with Crippen molar-refractivity contribution in [3.8, 4) is 0 Å². The van der Waals surface area contributed by atoms with E-state index >= 15 is 0 Å². The van der Waals surface area contributed by atoms with Gasteiger partial charge < -0.3 is 9.80 Å². The average molecular weight is 295 g/mol. The quantitative estimate of drug-likeness (QED) is 0.812. The minimum Gasteiger partial charge on any atom is -0.370 e. The Balaban J connectivity index is 1.94. The number of hydrogen-bond donors (Lipinski definition) is 0. The van der Waals surface area contributed by atoms with Crippen molar-refractivity contribution in [1.82, 2.24) is 9.88 Å². The molecular formula is C15H16F3N3. The molecule has 0 amide bonds. The number of hydrogen-bond acceptors (Lipinski definition) is 3. The van der Waals surface area contributed by atoms with E-state index in [4.69, 9.17) is 0 Å². The van der Waals surface area contributed by atoms with E-state index in [0.717, 1.165) is 25.7 Å². The van der Waals surface area contributed by atoms with Crippen molar-refractivity contribution in [3.63, 3.8) is 0 Å². The topological polar surface area (TPSA) is 19.4 Å². The molecule has 1 aromatic carbocycles. The van der Waals surface area contributed by atoms with Crippen LogP contribution < -0.4 is 4.90 Å². The summed E-state index contributed by atoms with van der Waals surface area (Å²) in [6.07, 6.45) is 1.43. The highest BCUT2D eigenvalue weighted by atomic mass is 19.2. The van der Waals surface area contributed by atoms with E-state index < -0.39 is 17.5 Å². The third kappa shape index (κ3) is 2.44. The van der Waals surface area contributed by atoms with Gasteiger partial charge in [-0.15, -0.1) is 0 Å². The molecule has 0 N–H and O–H groups in total. The van der Waals surface area contributed by atoms with E-state index in [9.17, 15) is 13.2 Å². The highest BCUT2D eigenvalue weighted by Crippen LogP contribution is 2.33. The number of benzene rings is 1. The Labute approximate surface area is 121 Å². The predicted octanol–water partition coefficient (Wildman–Crippen LogP) is 2.65. The summed E-state index contributed by atoms with van der Waals surface area (Å²) in [5.74, 6) is -3.35. The van der Waals surface area contributed by atoms with Crippen LogP contribution in [0, 0.1) is 23.4 Å². The lowest BCUT2D eigenvalue weighted by Crippen LogP contribution is -2.50. The third-order valence-electron chi connectivity index (χ3n) is 3.77. The first-order chi connectivity index (χ1) is 9.97. The number of pyridine rings is 1. The molecule has 1 aliphatic heterocycles. The van der Waals surface area contributed by atoms with Crippen LogP contribution in [0.25, 0.3) is 10.9 Å². The molecule has 0 unspecified atom stereocenters. The number of rotatable bonds is 3. The van der Waals surface area contributed by atoms with Gasteiger partial charge in [0.1, 0.15) is 5.52 Å². The number of aromatic nitrogens is 1. The SMILES string of the molecule is CN(C)CC1CN(c2ccnc3c(F)c(F)c(F)cc23)C1. The maximum atomic E-state index is 13.8. The Bertz CT molecular complexity index is 681. The lowest BCUT2D eigenvalue weighted by molar-refractivity contribution is 0.283. The van der Waals surface area contributed by atoms with Gasteiger partial charge in [0.05, 0.1) is 0 Å². The Morgan fingerprint density at radius 3 is 2.62 bits per heavy atom. The minimum absolute atomic E-state index is 0.123. The lowest BCUT2D eigenvalue weighted by atomic mass is 9.97. The van der Waals surface area contributed by atoms with E-state index in [2.05, 4.69) is 9.88 Å². The Morgan fingerprint density at radius 2 is 1.95 bits per heavy atom. The van der Waals surface area contributed by atoms with Gasteiger partial charge in [-0.05, 0) is 26.2 Å². The van der Waals surface area contributed by atoms with Gasteiger partial charge in [0.25, 0.3) is 0 Å². The van der Waals surface area contributed by atoms with Crippen LogP contribution >= 0.6 is 0 Å². The zero-order valence-corrected chi connectivity index (χ0v) is 11.9. The molecule has 0 atom stereocenters. The molecule has 1 aliphatic rings. The molecular weight excluding hydrogens is 279 g/mol. The van der Waals surface area contributed by atoms with Crippen LogP contribution in [0.2, 0.25) is 0 Å². The van der Waals surface area contributed by atoms with Crippen LogP contribution in [-0.4, -0.2) is 43.6 Å². The van der Waals surface area contributed by atoms with Gasteiger partial charge in [-0.1, -0.05) is 0 Å². The molecule has 0 aliphatic carbocycles. The normalized spacial score (nSPS) is 15.8. The number of halogens is 3. The molecule has 0 saturated carbocycles. The maximum absolute atomic E-state index is 13.8. The molecule has 3 rings (SSSR count). The van der Waals surface area contributed by atoms with Crippen LogP contribution in [0.1, 0.15) is 0 Å². The lowest BCUT2D eigenvalue weighted by Gasteiger charge is -2.42. The van der Waals surface area contributed by atoms with Gasteiger partial charge >= 0.3 is 0 Å². The fraction of sp³-hybridized carbons (Fsp3) is 0.400. The van der Waals surface area contributed by atoms with Crippen LogP contribution in [0.5, 0.6) is 0 Å². The van der Waals surface area contributed by atoms with E-state index in [1.807, 2.05) is 19.0 Å². The van der Waals surface area contributed by atoms with Crippen molar-refractivity contribution in [2.45, 2.75) is 0 Å². The Morgan fingerprint density at radius 1 is 1.24 bits per heavy atom. The molecule has 21 heavy (non-hydrogen) atoms. The first kappa shape index (κ1) is 14.1. The Kier molecular flexibility index (Phi) is 3.49. The smallest absolute Gasteiger partial charge is 0.196 e. The van der Waals surface area contributed by atoms with Gasteiger partial charge in [-0.25, -0.2) is 13.2 Å². The molecule has 2 heterocycles. The van der Waals surface area contributed by atoms with Crippen LogP contribution in [0.3, 0.4) is 0 Å². The molecule has 0 spiro atoms. The maximum Gasteiger partial charge on any atom is 0.196 e. The second-order valence-corrected chi connectivity index (χ2v) is 5.75. The van der Waals surface area contributed by atoms with Crippen molar-refractivity contribution in [2.24, 2.45) is 5.92 Å². The van der Waals surface area contributed by atoms with Gasteiger partial charge in [0, 0.05) is 42.8 Å². The van der Waals surface area contributed by atoms with Crippen molar-refractivity contribution in [2.75, 3.05) is 38.6 Å². The molecule has 2 aromatic rings. The van der Waals surface area contributed by atoms with Gasteiger partial charge in [0.15, 0.2) is 17.5 Å². The third-order valence-corrected chi connectivity index (χ3v) is 3.77. The van der Waals surface area contributed by atoms with Crippen molar-refractivity contribution < 1.29 is 13.2 Å². The van der Waals surface area contributed by atoms with E-state index in [1.165, 1.54) is 6.20 Å². The van der Waals surface area contributed by atoms with E-state index in [-0.39, 0.29) is 5.52 Å². The summed E-state index contributed by atoms with van der Waals surface area (Å²) in [5.41, 5.74) is 0.579. The summed E-state index contributed by atoms with van der Waals surface area (Å²) in [6.45, 7) is 2.60.